The maximum atomic E-state index is 13.4. The van der Waals surface area contributed by atoms with Gasteiger partial charge in [-0.05, 0) is 30.7 Å². The number of aliphatic imine (C=N–C) groups is 1. The van der Waals surface area contributed by atoms with E-state index in [4.69, 9.17) is 9.73 Å². The van der Waals surface area contributed by atoms with E-state index in [0.717, 1.165) is 47.9 Å². The van der Waals surface area contributed by atoms with Crippen molar-refractivity contribution in [1.82, 2.24) is 9.80 Å². The lowest BCUT2D eigenvalue weighted by molar-refractivity contribution is -0.139. The van der Waals surface area contributed by atoms with Gasteiger partial charge in [0, 0.05) is 24.4 Å². The fourth-order valence-electron chi connectivity index (χ4n) is 4.67. The van der Waals surface area contributed by atoms with Crippen LogP contribution in [0.25, 0.3) is 5.70 Å². The summed E-state index contributed by atoms with van der Waals surface area (Å²) in [6.07, 6.45) is 2.39. The van der Waals surface area contributed by atoms with Gasteiger partial charge in [-0.3, -0.25) is 4.79 Å². The monoisotopic (exact) mass is 473 g/mol. The fourth-order valence-corrected chi connectivity index (χ4v) is 5.59. The largest absolute Gasteiger partial charge is 0.463 e. The highest BCUT2D eigenvalue weighted by Crippen LogP contribution is 2.47. The van der Waals surface area contributed by atoms with Crippen LogP contribution in [0, 0.1) is 0 Å². The number of amidine groups is 1. The molecule has 174 valence electrons. The van der Waals surface area contributed by atoms with Crippen molar-refractivity contribution in [2.75, 3.05) is 19.7 Å². The van der Waals surface area contributed by atoms with Gasteiger partial charge < -0.3 is 14.5 Å². The van der Waals surface area contributed by atoms with Crippen molar-refractivity contribution in [3.63, 3.8) is 0 Å². The summed E-state index contributed by atoms with van der Waals surface area (Å²) in [6.45, 7) is 3.71. The smallest absolute Gasteiger partial charge is 0.338 e. The highest BCUT2D eigenvalue weighted by atomic mass is 32.2. The van der Waals surface area contributed by atoms with Crippen molar-refractivity contribution in [3.05, 3.63) is 88.5 Å². The molecule has 7 heteroatoms. The minimum absolute atomic E-state index is 0.118. The zero-order chi connectivity index (χ0) is 23.5. The fraction of sp³-hybridized carbons (Fsp3) is 0.296. The van der Waals surface area contributed by atoms with Crippen LogP contribution in [0.15, 0.2) is 82.3 Å². The highest BCUT2D eigenvalue weighted by molar-refractivity contribution is 8.16. The number of benzene rings is 2. The second-order valence-electron chi connectivity index (χ2n) is 8.42. The molecular weight excluding hydrogens is 446 g/mol. The molecule has 1 fully saturated rings. The topological polar surface area (TPSA) is 62.2 Å². The molecule has 2 aromatic rings. The minimum Gasteiger partial charge on any atom is -0.463 e. The third kappa shape index (κ3) is 4.28. The number of fused-ring (bicyclic) bond motifs is 1. The average molecular weight is 474 g/mol. The molecular formula is C27H27N3O3S. The van der Waals surface area contributed by atoms with Crippen LogP contribution in [0.5, 0.6) is 0 Å². The van der Waals surface area contributed by atoms with Crippen molar-refractivity contribution in [2.45, 2.75) is 32.2 Å². The highest BCUT2D eigenvalue weighted by Gasteiger charge is 2.42. The zero-order valence-electron chi connectivity index (χ0n) is 19.1. The molecule has 0 bridgehead atoms. The van der Waals surface area contributed by atoms with Gasteiger partial charge in [-0.1, -0.05) is 72.4 Å². The molecule has 0 aliphatic carbocycles. The Kier molecular flexibility index (Phi) is 6.54. The molecule has 1 amide bonds. The van der Waals surface area contributed by atoms with E-state index in [1.54, 1.807) is 6.92 Å². The first-order valence-electron chi connectivity index (χ1n) is 11.7. The number of thioether (sulfide) groups is 1. The van der Waals surface area contributed by atoms with Crippen LogP contribution >= 0.6 is 11.8 Å². The van der Waals surface area contributed by atoms with Gasteiger partial charge in [0.25, 0.3) is 0 Å². The van der Waals surface area contributed by atoms with Crippen LogP contribution in [-0.4, -0.2) is 46.5 Å². The second kappa shape index (κ2) is 9.89. The average Bonchev–Trinajstić information content (AvgIpc) is 3.55. The Morgan fingerprint density at radius 1 is 1.03 bits per heavy atom. The van der Waals surface area contributed by atoms with Gasteiger partial charge in [-0.15, -0.1) is 0 Å². The van der Waals surface area contributed by atoms with Gasteiger partial charge in [0.2, 0.25) is 5.91 Å². The number of carbonyl (C=O) groups excluding carboxylic acids is 2. The van der Waals surface area contributed by atoms with Crippen LogP contribution in [0.4, 0.5) is 0 Å². The summed E-state index contributed by atoms with van der Waals surface area (Å²) in [7, 11) is 0. The summed E-state index contributed by atoms with van der Waals surface area (Å²) in [5.41, 5.74) is 3.79. The quantitative estimate of drug-likeness (QED) is 0.554. The Balaban J connectivity index is 1.61. The van der Waals surface area contributed by atoms with Crippen molar-refractivity contribution in [2.24, 2.45) is 4.99 Å². The molecule has 3 aliphatic rings. The van der Waals surface area contributed by atoms with Crippen LogP contribution < -0.4 is 0 Å². The molecule has 0 radical (unpaired) electrons. The molecule has 3 aliphatic heterocycles. The molecule has 34 heavy (non-hydrogen) atoms. The van der Waals surface area contributed by atoms with Crippen LogP contribution in [0.3, 0.4) is 0 Å². The number of rotatable bonds is 6. The predicted octanol–water partition coefficient (Wildman–Crippen LogP) is 4.97. The summed E-state index contributed by atoms with van der Waals surface area (Å²) < 4.78 is 5.54. The molecule has 6 nitrogen and oxygen atoms in total. The first-order valence-corrected chi connectivity index (χ1v) is 12.6. The Morgan fingerprint density at radius 2 is 1.71 bits per heavy atom. The lowest BCUT2D eigenvalue weighted by atomic mass is 9.91. The van der Waals surface area contributed by atoms with E-state index in [9.17, 15) is 9.59 Å². The standard InChI is InChI=1S/C27H27N3O3S/c1-2-33-26(32)23-24(19-11-5-3-6-12-19)28-27-30(25(23)20-13-7-4-8-14-20)21(18-34-27)17-22(31)29-15-9-10-16-29/h3-8,11-14,18,25H,2,9-10,15-17H2,1H3/t25-/m1/s1. The molecule has 2 aromatic carbocycles. The number of hydrogen-bond acceptors (Lipinski definition) is 6. The van der Waals surface area contributed by atoms with E-state index in [-0.39, 0.29) is 24.9 Å². The molecule has 1 saturated heterocycles. The molecule has 5 rings (SSSR count). The summed E-state index contributed by atoms with van der Waals surface area (Å²) in [5, 5.41) is 2.77. The molecule has 0 N–H and O–H groups in total. The maximum Gasteiger partial charge on any atom is 0.338 e. The number of nitrogens with zero attached hydrogens (tertiary/aromatic N) is 3. The number of amides is 1. The van der Waals surface area contributed by atoms with Crippen molar-refractivity contribution < 1.29 is 14.3 Å². The lowest BCUT2D eigenvalue weighted by Gasteiger charge is -2.37. The lowest BCUT2D eigenvalue weighted by Crippen LogP contribution is -2.38. The number of carbonyl (C=O) groups is 2. The Morgan fingerprint density at radius 3 is 2.38 bits per heavy atom. The summed E-state index contributed by atoms with van der Waals surface area (Å²) in [5.74, 6) is -0.270. The Bertz CT molecular complexity index is 1170. The third-order valence-electron chi connectivity index (χ3n) is 6.26. The first kappa shape index (κ1) is 22.5. The molecule has 0 spiro atoms. The molecule has 0 unspecified atom stereocenters. The number of ether oxygens (including phenoxy) is 1. The van der Waals surface area contributed by atoms with E-state index in [1.807, 2.05) is 75.9 Å². The number of likely N-dealkylation sites (tertiary alicyclic amines) is 1. The van der Waals surface area contributed by atoms with Crippen LogP contribution in [0.2, 0.25) is 0 Å². The van der Waals surface area contributed by atoms with Gasteiger partial charge in [-0.25, -0.2) is 9.79 Å². The summed E-state index contributed by atoms with van der Waals surface area (Å²) in [4.78, 5) is 35.4. The summed E-state index contributed by atoms with van der Waals surface area (Å²) in [6, 6.07) is 19.2. The molecule has 0 saturated carbocycles. The number of hydrogen-bond donors (Lipinski definition) is 0. The Labute approximate surface area is 204 Å². The van der Waals surface area contributed by atoms with Crippen molar-refractivity contribution in [1.29, 1.82) is 0 Å². The Hall–Kier alpha value is -3.32. The van der Waals surface area contributed by atoms with Gasteiger partial charge in [0.05, 0.1) is 30.3 Å². The minimum atomic E-state index is -0.435. The van der Waals surface area contributed by atoms with Crippen LogP contribution in [-0.2, 0) is 14.3 Å². The molecule has 0 aromatic heterocycles. The molecule has 1 atom stereocenters. The second-order valence-corrected chi connectivity index (χ2v) is 9.25. The SMILES string of the molecule is CCOC(=O)C1=C(c2ccccc2)N=C2SC=C(CC(=O)N3CCCC3)N2[C@@H]1c1ccccc1. The van der Waals surface area contributed by atoms with Crippen LogP contribution in [0.1, 0.15) is 43.4 Å². The third-order valence-corrected chi connectivity index (χ3v) is 7.15. The summed E-state index contributed by atoms with van der Waals surface area (Å²) >= 11 is 1.50. The predicted molar refractivity (Wildman–Crippen MR) is 135 cm³/mol. The van der Waals surface area contributed by atoms with E-state index >= 15 is 0 Å². The maximum absolute atomic E-state index is 13.4. The molecule has 3 heterocycles. The van der Waals surface area contributed by atoms with Crippen molar-refractivity contribution >= 4 is 34.5 Å². The van der Waals surface area contributed by atoms with E-state index in [0.29, 0.717) is 11.3 Å². The van der Waals surface area contributed by atoms with Gasteiger partial charge in [-0.2, -0.15) is 0 Å². The van der Waals surface area contributed by atoms with E-state index in [2.05, 4.69) is 0 Å². The van der Waals surface area contributed by atoms with Gasteiger partial charge >= 0.3 is 5.97 Å². The first-order chi connectivity index (χ1) is 16.7. The van der Waals surface area contributed by atoms with E-state index in [1.165, 1.54) is 11.8 Å². The van der Waals surface area contributed by atoms with Gasteiger partial charge in [0.1, 0.15) is 0 Å². The zero-order valence-corrected chi connectivity index (χ0v) is 20.0. The van der Waals surface area contributed by atoms with Gasteiger partial charge in [0.15, 0.2) is 5.17 Å². The van der Waals surface area contributed by atoms with Crippen molar-refractivity contribution in [3.8, 4) is 0 Å². The van der Waals surface area contributed by atoms with E-state index < -0.39 is 6.04 Å². The number of esters is 1. The normalized spacial score (nSPS) is 19.6.